The molecular weight excluding hydrogens is 261 g/mol. The second-order valence-electron chi connectivity index (χ2n) is 4.38. The van der Waals surface area contributed by atoms with E-state index in [1.54, 1.807) is 6.07 Å². The van der Waals surface area contributed by atoms with Crippen LogP contribution in [-0.2, 0) is 16.0 Å². The Morgan fingerprint density at radius 3 is 2.80 bits per heavy atom. The summed E-state index contributed by atoms with van der Waals surface area (Å²) in [5.74, 6) is -1.47. The number of benzene rings is 1. The number of amides is 2. The number of unbranched alkanes of at least 4 members (excludes halogenated alkanes) is 1. The molecule has 0 saturated carbocycles. The van der Waals surface area contributed by atoms with Gasteiger partial charge in [0.15, 0.2) is 0 Å². The average Bonchev–Trinajstić information content (AvgIpc) is 2.37. The van der Waals surface area contributed by atoms with Gasteiger partial charge in [0.2, 0.25) is 11.8 Å². The van der Waals surface area contributed by atoms with E-state index >= 15 is 0 Å². The second-order valence-corrected chi connectivity index (χ2v) is 4.38. The standard InChI is InChI=1S/C14H16FN3O2/c15-11-5-3-4-10(8-11)9-13(19)18-12(14(17)20)6-1-2-7-16/h3-5,8,12H,1-2,6,9H2,(H2,17,20)(H,18,19)/t12-/m0/s1. The summed E-state index contributed by atoms with van der Waals surface area (Å²) in [5.41, 5.74) is 5.70. The van der Waals surface area contributed by atoms with Gasteiger partial charge in [0.25, 0.3) is 0 Å². The van der Waals surface area contributed by atoms with Crippen molar-refractivity contribution in [2.24, 2.45) is 5.73 Å². The fourth-order valence-electron chi connectivity index (χ4n) is 1.75. The van der Waals surface area contributed by atoms with Gasteiger partial charge in [-0.2, -0.15) is 5.26 Å². The van der Waals surface area contributed by atoms with Gasteiger partial charge < -0.3 is 11.1 Å². The number of hydrogen-bond acceptors (Lipinski definition) is 3. The predicted molar refractivity (Wildman–Crippen MR) is 70.7 cm³/mol. The number of nitrogens with two attached hydrogens (primary N) is 1. The highest BCUT2D eigenvalue weighted by atomic mass is 19.1. The largest absolute Gasteiger partial charge is 0.368 e. The molecule has 0 aromatic heterocycles. The molecule has 1 atom stereocenters. The number of carbonyl (C=O) groups excluding carboxylic acids is 2. The third-order valence-corrected chi connectivity index (χ3v) is 2.71. The molecule has 0 aliphatic rings. The molecule has 1 rings (SSSR count). The van der Waals surface area contributed by atoms with Crippen molar-refractivity contribution in [3.63, 3.8) is 0 Å². The maximum absolute atomic E-state index is 13.0. The first-order valence-corrected chi connectivity index (χ1v) is 6.23. The number of rotatable bonds is 7. The van der Waals surface area contributed by atoms with E-state index in [1.807, 2.05) is 6.07 Å². The molecule has 0 aliphatic heterocycles. The van der Waals surface area contributed by atoms with E-state index in [4.69, 9.17) is 11.0 Å². The van der Waals surface area contributed by atoms with Crippen LogP contribution in [0.4, 0.5) is 4.39 Å². The molecule has 3 N–H and O–H groups in total. The van der Waals surface area contributed by atoms with E-state index in [0.29, 0.717) is 24.8 Å². The molecule has 0 heterocycles. The van der Waals surface area contributed by atoms with Crippen molar-refractivity contribution in [2.45, 2.75) is 31.7 Å². The Hall–Kier alpha value is -2.42. The Labute approximate surface area is 116 Å². The smallest absolute Gasteiger partial charge is 0.240 e. The number of nitrogens with zero attached hydrogens (tertiary/aromatic N) is 1. The fraction of sp³-hybridized carbons (Fsp3) is 0.357. The summed E-state index contributed by atoms with van der Waals surface area (Å²) in [4.78, 5) is 23.0. The third-order valence-electron chi connectivity index (χ3n) is 2.71. The summed E-state index contributed by atoms with van der Waals surface area (Å²) in [6, 6.07) is 6.83. The summed E-state index contributed by atoms with van der Waals surface area (Å²) in [5, 5.41) is 10.9. The van der Waals surface area contributed by atoms with Crippen LogP contribution in [0.15, 0.2) is 24.3 Å². The number of nitriles is 1. The lowest BCUT2D eigenvalue weighted by atomic mass is 10.1. The van der Waals surface area contributed by atoms with Crippen LogP contribution >= 0.6 is 0 Å². The number of primary amides is 1. The van der Waals surface area contributed by atoms with Gasteiger partial charge in [-0.15, -0.1) is 0 Å². The molecule has 106 valence electrons. The van der Waals surface area contributed by atoms with E-state index in [0.717, 1.165) is 0 Å². The molecule has 2 amide bonds. The summed E-state index contributed by atoms with van der Waals surface area (Å²) < 4.78 is 13.0. The molecule has 0 aliphatic carbocycles. The zero-order valence-electron chi connectivity index (χ0n) is 10.9. The highest BCUT2D eigenvalue weighted by molar-refractivity contribution is 5.87. The van der Waals surface area contributed by atoms with E-state index in [-0.39, 0.29) is 6.42 Å². The van der Waals surface area contributed by atoms with Crippen molar-refractivity contribution in [2.75, 3.05) is 0 Å². The van der Waals surface area contributed by atoms with Crippen LogP contribution in [0.25, 0.3) is 0 Å². The van der Waals surface area contributed by atoms with Gasteiger partial charge in [0.05, 0.1) is 12.5 Å². The normalized spacial score (nSPS) is 11.4. The van der Waals surface area contributed by atoms with Crippen molar-refractivity contribution in [1.82, 2.24) is 5.32 Å². The topological polar surface area (TPSA) is 96.0 Å². The Balaban J connectivity index is 2.53. The van der Waals surface area contributed by atoms with Gasteiger partial charge in [-0.25, -0.2) is 4.39 Å². The highest BCUT2D eigenvalue weighted by Gasteiger charge is 2.17. The van der Waals surface area contributed by atoms with Crippen molar-refractivity contribution < 1.29 is 14.0 Å². The van der Waals surface area contributed by atoms with Crippen LogP contribution in [0, 0.1) is 17.1 Å². The number of hydrogen-bond donors (Lipinski definition) is 2. The summed E-state index contributed by atoms with van der Waals surface area (Å²) in [6.45, 7) is 0. The van der Waals surface area contributed by atoms with Crippen molar-refractivity contribution in [1.29, 1.82) is 5.26 Å². The van der Waals surface area contributed by atoms with Crippen LogP contribution in [-0.4, -0.2) is 17.9 Å². The molecule has 0 saturated heterocycles. The van der Waals surface area contributed by atoms with E-state index in [2.05, 4.69) is 5.32 Å². The molecule has 0 radical (unpaired) electrons. The summed E-state index contributed by atoms with van der Waals surface area (Å²) in [6.07, 6.45) is 1.06. The molecule has 0 unspecified atom stereocenters. The number of nitrogens with one attached hydrogen (secondary N) is 1. The lowest BCUT2D eigenvalue weighted by Crippen LogP contribution is -2.44. The van der Waals surface area contributed by atoms with Crippen LogP contribution < -0.4 is 11.1 Å². The van der Waals surface area contributed by atoms with Gasteiger partial charge in [0.1, 0.15) is 11.9 Å². The van der Waals surface area contributed by atoms with Crippen molar-refractivity contribution in [3.8, 4) is 6.07 Å². The number of halogens is 1. The van der Waals surface area contributed by atoms with Gasteiger partial charge >= 0.3 is 0 Å². The Kier molecular flexibility index (Phi) is 6.17. The highest BCUT2D eigenvalue weighted by Crippen LogP contribution is 2.05. The first kappa shape index (κ1) is 15.6. The molecule has 6 heteroatoms. The van der Waals surface area contributed by atoms with Crippen LogP contribution in [0.2, 0.25) is 0 Å². The molecule has 0 spiro atoms. The fourth-order valence-corrected chi connectivity index (χ4v) is 1.75. The zero-order chi connectivity index (χ0) is 15.0. The Morgan fingerprint density at radius 2 is 2.20 bits per heavy atom. The molecule has 0 fully saturated rings. The predicted octanol–water partition coefficient (Wildman–Crippen LogP) is 1.03. The molecule has 0 bridgehead atoms. The van der Waals surface area contributed by atoms with Crippen molar-refractivity contribution in [3.05, 3.63) is 35.6 Å². The lowest BCUT2D eigenvalue weighted by molar-refractivity contribution is -0.127. The van der Waals surface area contributed by atoms with Gasteiger partial charge in [-0.05, 0) is 30.5 Å². The Bertz CT molecular complexity index is 525. The van der Waals surface area contributed by atoms with Crippen molar-refractivity contribution >= 4 is 11.8 Å². The first-order valence-electron chi connectivity index (χ1n) is 6.23. The summed E-state index contributed by atoms with van der Waals surface area (Å²) >= 11 is 0. The minimum absolute atomic E-state index is 0.0280. The maximum atomic E-state index is 13.0. The molecule has 20 heavy (non-hydrogen) atoms. The molecule has 1 aromatic rings. The van der Waals surface area contributed by atoms with Gasteiger partial charge in [-0.1, -0.05) is 12.1 Å². The van der Waals surface area contributed by atoms with Gasteiger partial charge in [0, 0.05) is 6.42 Å². The monoisotopic (exact) mass is 277 g/mol. The SMILES string of the molecule is N#CCCC[C@H](NC(=O)Cc1cccc(F)c1)C(N)=O. The first-order chi connectivity index (χ1) is 9.52. The number of carbonyl (C=O) groups is 2. The third kappa shape index (κ3) is 5.48. The lowest BCUT2D eigenvalue weighted by Gasteiger charge is -2.14. The summed E-state index contributed by atoms with van der Waals surface area (Å²) in [7, 11) is 0. The van der Waals surface area contributed by atoms with Crippen LogP contribution in [0.1, 0.15) is 24.8 Å². The van der Waals surface area contributed by atoms with Crippen LogP contribution in [0.5, 0.6) is 0 Å². The molecular formula is C14H16FN3O2. The molecule has 1 aromatic carbocycles. The zero-order valence-corrected chi connectivity index (χ0v) is 10.9. The second kappa shape index (κ2) is 7.89. The quantitative estimate of drug-likeness (QED) is 0.728. The minimum atomic E-state index is -0.801. The van der Waals surface area contributed by atoms with E-state index in [9.17, 15) is 14.0 Å². The Morgan fingerprint density at radius 1 is 1.45 bits per heavy atom. The van der Waals surface area contributed by atoms with Crippen LogP contribution in [0.3, 0.4) is 0 Å². The van der Waals surface area contributed by atoms with Gasteiger partial charge in [-0.3, -0.25) is 9.59 Å². The molecule has 5 nitrogen and oxygen atoms in total. The minimum Gasteiger partial charge on any atom is -0.368 e. The van der Waals surface area contributed by atoms with E-state index < -0.39 is 23.7 Å². The average molecular weight is 277 g/mol. The maximum Gasteiger partial charge on any atom is 0.240 e. The van der Waals surface area contributed by atoms with E-state index in [1.165, 1.54) is 18.2 Å².